The maximum absolute atomic E-state index is 11.7. The molecule has 0 radical (unpaired) electrons. The smallest absolute Gasteiger partial charge is 0.261 e. The van der Waals surface area contributed by atoms with Gasteiger partial charge in [0.1, 0.15) is 0 Å². The molecule has 0 spiro atoms. The van der Waals surface area contributed by atoms with Gasteiger partial charge in [-0.3, -0.25) is 0 Å². The van der Waals surface area contributed by atoms with Gasteiger partial charge in [0.15, 0.2) is 0 Å². The zero-order chi connectivity index (χ0) is 20.8. The van der Waals surface area contributed by atoms with Gasteiger partial charge in [-0.1, -0.05) is 87.5 Å². The minimum absolute atomic E-state index is 0.114. The van der Waals surface area contributed by atoms with Crippen LogP contribution in [0.5, 0.6) is 0 Å². The van der Waals surface area contributed by atoms with Gasteiger partial charge >= 0.3 is 0 Å². The molecule has 0 aromatic heterocycles. The van der Waals surface area contributed by atoms with Crippen LogP contribution in [0.15, 0.2) is 73.3 Å². The fourth-order valence-electron chi connectivity index (χ4n) is 3.75. The van der Waals surface area contributed by atoms with E-state index in [4.69, 9.17) is 9.56 Å². The third kappa shape index (κ3) is 5.41. The second kappa shape index (κ2) is 9.18. The predicted molar refractivity (Wildman–Crippen MR) is 120 cm³/mol. The molecule has 28 heavy (non-hydrogen) atoms. The van der Waals surface area contributed by atoms with E-state index in [1.807, 2.05) is 36.4 Å². The first-order chi connectivity index (χ1) is 13.1. The van der Waals surface area contributed by atoms with Gasteiger partial charge in [-0.2, -0.15) is 0 Å². The highest BCUT2D eigenvalue weighted by Crippen LogP contribution is 2.37. The topological polar surface area (TPSA) is 69.4 Å². The number of allylic oxidation sites excluding steroid dienone is 1. The lowest BCUT2D eigenvalue weighted by atomic mass is 10.1. The van der Waals surface area contributed by atoms with Gasteiger partial charge in [-0.05, 0) is 27.8 Å². The van der Waals surface area contributed by atoms with E-state index in [2.05, 4.69) is 51.6 Å². The number of rotatable bonds is 9. The summed E-state index contributed by atoms with van der Waals surface area (Å²) in [5.74, 6) is -0.342. The summed E-state index contributed by atoms with van der Waals surface area (Å²) < 4.78 is 30.2. The molecule has 0 aliphatic heterocycles. The Kier molecular flexibility index (Phi) is 7.39. The Hall–Kier alpha value is -1.73. The standard InChI is InChI=1S/C22H31NO3SSi/c1-5-12-19(18-27(23,24)25)17-26-28(22(2,3)4,20-13-8-6-9-14-20)21-15-10-7-11-16-21/h5-11,13-16,19H,1,12,17-18H2,2-4H3,(H2,23,24,25)/t19-/m0/s1. The Morgan fingerprint density at radius 2 is 1.50 bits per heavy atom. The van der Waals surface area contributed by atoms with Crippen molar-refractivity contribution >= 4 is 28.7 Å². The van der Waals surface area contributed by atoms with Crippen LogP contribution in [0.2, 0.25) is 5.04 Å². The van der Waals surface area contributed by atoms with Crippen LogP contribution in [0, 0.1) is 5.92 Å². The van der Waals surface area contributed by atoms with E-state index in [1.165, 1.54) is 10.4 Å². The van der Waals surface area contributed by atoms with Crippen molar-refractivity contribution in [1.82, 2.24) is 0 Å². The van der Waals surface area contributed by atoms with E-state index >= 15 is 0 Å². The Bertz CT molecular complexity index is 822. The van der Waals surface area contributed by atoms with E-state index in [0.717, 1.165) is 0 Å². The van der Waals surface area contributed by atoms with Crippen molar-refractivity contribution in [2.45, 2.75) is 32.2 Å². The Morgan fingerprint density at radius 3 is 1.86 bits per heavy atom. The van der Waals surface area contributed by atoms with Crippen molar-refractivity contribution < 1.29 is 12.8 Å². The minimum atomic E-state index is -3.59. The number of primary sulfonamides is 1. The maximum atomic E-state index is 11.7. The van der Waals surface area contributed by atoms with Crippen LogP contribution in [0.25, 0.3) is 0 Å². The van der Waals surface area contributed by atoms with Crippen molar-refractivity contribution in [2.24, 2.45) is 11.1 Å². The van der Waals surface area contributed by atoms with E-state index in [9.17, 15) is 8.42 Å². The summed E-state index contributed by atoms with van der Waals surface area (Å²) in [6.07, 6.45) is 2.26. The van der Waals surface area contributed by atoms with Gasteiger partial charge in [0, 0.05) is 6.61 Å². The molecule has 0 saturated carbocycles. The van der Waals surface area contributed by atoms with Crippen molar-refractivity contribution in [3.63, 3.8) is 0 Å². The third-order valence-corrected chi connectivity index (χ3v) is 10.9. The molecule has 152 valence electrons. The van der Waals surface area contributed by atoms with Gasteiger partial charge in [-0.15, -0.1) is 6.58 Å². The van der Waals surface area contributed by atoms with Crippen LogP contribution in [-0.4, -0.2) is 29.1 Å². The van der Waals surface area contributed by atoms with E-state index < -0.39 is 18.3 Å². The highest BCUT2D eigenvalue weighted by molar-refractivity contribution is 7.89. The molecule has 6 heteroatoms. The molecule has 0 aliphatic carbocycles. The van der Waals surface area contributed by atoms with Crippen LogP contribution < -0.4 is 15.5 Å². The quantitative estimate of drug-likeness (QED) is 0.504. The minimum Gasteiger partial charge on any atom is -0.407 e. The summed E-state index contributed by atoms with van der Waals surface area (Å²) >= 11 is 0. The van der Waals surface area contributed by atoms with E-state index in [-0.39, 0.29) is 16.7 Å². The molecular weight excluding hydrogens is 386 g/mol. The zero-order valence-electron chi connectivity index (χ0n) is 17.0. The van der Waals surface area contributed by atoms with Crippen molar-refractivity contribution in [3.05, 3.63) is 73.3 Å². The highest BCUT2D eigenvalue weighted by Gasteiger charge is 2.50. The van der Waals surface area contributed by atoms with Crippen molar-refractivity contribution in [3.8, 4) is 0 Å². The summed E-state index contributed by atoms with van der Waals surface area (Å²) in [4.78, 5) is 0. The Morgan fingerprint density at radius 1 is 1.04 bits per heavy atom. The molecule has 2 aromatic carbocycles. The first-order valence-corrected chi connectivity index (χ1v) is 13.1. The van der Waals surface area contributed by atoms with Crippen molar-refractivity contribution in [2.75, 3.05) is 12.4 Å². The number of sulfonamides is 1. The highest BCUT2D eigenvalue weighted by atomic mass is 32.2. The molecule has 2 aromatic rings. The summed E-state index contributed by atoms with van der Waals surface area (Å²) in [6.45, 7) is 10.7. The van der Waals surface area contributed by atoms with Crippen LogP contribution in [0.1, 0.15) is 27.2 Å². The number of hydrogen-bond donors (Lipinski definition) is 1. The normalized spacial score (nSPS) is 13.9. The lowest BCUT2D eigenvalue weighted by Gasteiger charge is -2.43. The molecular formula is C22H31NO3SSi. The molecule has 0 aliphatic rings. The number of benzene rings is 2. The molecule has 0 bridgehead atoms. The number of nitrogens with two attached hydrogens (primary N) is 1. The molecule has 0 unspecified atom stereocenters. The monoisotopic (exact) mass is 417 g/mol. The fraction of sp³-hybridized carbons (Fsp3) is 0.364. The molecule has 0 fully saturated rings. The number of hydrogen-bond acceptors (Lipinski definition) is 3. The molecule has 4 nitrogen and oxygen atoms in total. The van der Waals surface area contributed by atoms with Gasteiger partial charge in [0.05, 0.1) is 5.75 Å². The third-order valence-electron chi connectivity index (χ3n) is 4.92. The molecule has 0 amide bonds. The molecule has 2 N–H and O–H groups in total. The first kappa shape index (κ1) is 22.6. The zero-order valence-corrected chi connectivity index (χ0v) is 18.8. The van der Waals surface area contributed by atoms with E-state index in [0.29, 0.717) is 13.0 Å². The molecule has 2 rings (SSSR count). The molecule has 0 heterocycles. The van der Waals surface area contributed by atoms with Gasteiger partial charge in [0.2, 0.25) is 10.0 Å². The summed E-state index contributed by atoms with van der Waals surface area (Å²) in [5.41, 5.74) is 0. The van der Waals surface area contributed by atoms with Gasteiger partial charge < -0.3 is 4.43 Å². The molecule has 1 atom stereocenters. The van der Waals surface area contributed by atoms with Crippen molar-refractivity contribution in [1.29, 1.82) is 0 Å². The fourth-order valence-corrected chi connectivity index (χ4v) is 9.28. The van der Waals surface area contributed by atoms with Crippen LogP contribution >= 0.6 is 0 Å². The second-order valence-electron chi connectivity index (χ2n) is 8.19. The van der Waals surface area contributed by atoms with Crippen LogP contribution in [-0.2, 0) is 14.4 Å². The molecule has 0 saturated heterocycles. The summed E-state index contributed by atoms with van der Waals surface area (Å²) in [7, 11) is -6.28. The second-order valence-corrected chi connectivity index (χ2v) is 14.2. The van der Waals surface area contributed by atoms with Gasteiger partial charge in [0.25, 0.3) is 8.32 Å². The van der Waals surface area contributed by atoms with E-state index in [1.54, 1.807) is 6.08 Å². The lowest BCUT2D eigenvalue weighted by molar-refractivity contribution is 0.247. The largest absolute Gasteiger partial charge is 0.407 e. The SMILES string of the molecule is C=CC[C@@H](CO[Si](c1ccccc1)(c1ccccc1)C(C)(C)C)CS(N)(=O)=O. The van der Waals surface area contributed by atoms with Crippen LogP contribution in [0.4, 0.5) is 0 Å². The first-order valence-electron chi connectivity index (χ1n) is 9.46. The maximum Gasteiger partial charge on any atom is 0.261 e. The average molecular weight is 418 g/mol. The van der Waals surface area contributed by atoms with Gasteiger partial charge in [-0.25, -0.2) is 13.6 Å². The Labute approximate surface area is 170 Å². The summed E-state index contributed by atoms with van der Waals surface area (Å²) in [5, 5.41) is 7.49. The predicted octanol–water partition coefficient (Wildman–Crippen LogP) is 3.04. The Balaban J connectivity index is 2.53. The lowest BCUT2D eigenvalue weighted by Crippen LogP contribution is -2.67. The average Bonchev–Trinajstić information content (AvgIpc) is 2.62. The van der Waals surface area contributed by atoms with Crippen LogP contribution in [0.3, 0.4) is 0 Å². The summed E-state index contributed by atoms with van der Waals surface area (Å²) in [6, 6.07) is 20.6.